The Morgan fingerprint density at radius 3 is 1.41 bits per heavy atom. The van der Waals surface area contributed by atoms with E-state index in [-0.39, 0.29) is 0 Å². The van der Waals surface area contributed by atoms with Crippen LogP contribution in [-0.2, 0) is 0 Å². The van der Waals surface area contributed by atoms with Gasteiger partial charge in [-0.3, -0.25) is 0 Å². The second-order valence-electron chi connectivity index (χ2n) is 8.96. The van der Waals surface area contributed by atoms with Crippen LogP contribution in [-0.4, -0.2) is 8.07 Å². The summed E-state index contributed by atoms with van der Waals surface area (Å²) in [5, 5.41) is 0. The molecule has 140 valence electrons. The fourth-order valence-electron chi connectivity index (χ4n) is 5.60. The number of hydrogen-bond acceptors (Lipinski definition) is 0. The molecule has 2 aromatic carbocycles. The van der Waals surface area contributed by atoms with Crippen LogP contribution in [0, 0.1) is 13.8 Å². The van der Waals surface area contributed by atoms with E-state index in [9.17, 15) is 0 Å². The highest BCUT2D eigenvalue weighted by Crippen LogP contribution is 2.54. The molecule has 2 aromatic rings. The summed E-state index contributed by atoms with van der Waals surface area (Å²) in [6.07, 6.45) is 4.83. The molecule has 0 aliphatic heterocycles. The van der Waals surface area contributed by atoms with E-state index in [4.69, 9.17) is 0 Å². The number of hydrogen-bond donors (Lipinski definition) is 0. The summed E-state index contributed by atoms with van der Waals surface area (Å²) < 4.78 is 2.48. The van der Waals surface area contributed by atoms with E-state index in [1.54, 1.807) is 0 Å². The predicted molar refractivity (Wildman–Crippen MR) is 128 cm³/mol. The van der Waals surface area contributed by atoms with Gasteiger partial charge in [-0.05, 0) is 73.2 Å². The summed E-state index contributed by atoms with van der Waals surface area (Å²) in [5.41, 5.74) is 12.7. The third-order valence-corrected chi connectivity index (χ3v) is 12.2. The molecule has 2 atom stereocenters. The van der Waals surface area contributed by atoms with Gasteiger partial charge >= 0.3 is 0 Å². The van der Waals surface area contributed by atoms with Crippen molar-refractivity contribution in [1.29, 1.82) is 0 Å². The summed E-state index contributed by atoms with van der Waals surface area (Å²) in [6.45, 7) is 14.3. The zero-order chi connectivity index (χ0) is 19.7. The van der Waals surface area contributed by atoms with Crippen LogP contribution in [0.2, 0.25) is 13.1 Å². The molecule has 0 nitrogen and oxygen atoms in total. The lowest BCUT2D eigenvalue weighted by Gasteiger charge is -2.39. The van der Waals surface area contributed by atoms with E-state index >= 15 is 0 Å². The Morgan fingerprint density at radius 2 is 1.04 bits per heavy atom. The van der Waals surface area contributed by atoms with Crippen molar-refractivity contribution in [1.82, 2.24) is 0 Å². The molecule has 27 heavy (non-hydrogen) atoms. The first-order valence-corrected chi connectivity index (χ1v) is 14.3. The van der Waals surface area contributed by atoms with Crippen LogP contribution >= 0.6 is 31.9 Å². The van der Waals surface area contributed by atoms with Crippen LogP contribution in [0.4, 0.5) is 0 Å². The second kappa shape index (κ2) is 6.57. The highest BCUT2D eigenvalue weighted by atomic mass is 79.9. The van der Waals surface area contributed by atoms with Crippen molar-refractivity contribution in [3.8, 4) is 0 Å². The standard InChI is InChI=1S/C24H26Br2Si/c1-13-7-19-17(21(25)9-13)11-15(3)23(19)27(5,6)24-16(4)12-18-20(24)8-14(2)10-22(18)26/h7-12,23-24H,1-6H3. The normalized spacial score (nSPS) is 21.0. The quantitative estimate of drug-likeness (QED) is 0.363. The van der Waals surface area contributed by atoms with Gasteiger partial charge in [0.2, 0.25) is 0 Å². The minimum atomic E-state index is -1.74. The molecule has 0 heterocycles. The Kier molecular flexibility index (Phi) is 4.72. The van der Waals surface area contributed by atoms with E-state index in [0.717, 1.165) is 0 Å². The number of allylic oxidation sites excluding steroid dienone is 2. The van der Waals surface area contributed by atoms with Gasteiger partial charge < -0.3 is 0 Å². The van der Waals surface area contributed by atoms with Crippen LogP contribution in [0.15, 0.2) is 44.4 Å². The van der Waals surface area contributed by atoms with E-state index in [2.05, 4.69) is 109 Å². The minimum absolute atomic E-state index is 0.558. The van der Waals surface area contributed by atoms with Gasteiger partial charge in [-0.15, -0.1) is 0 Å². The van der Waals surface area contributed by atoms with Crippen molar-refractivity contribution in [3.63, 3.8) is 0 Å². The van der Waals surface area contributed by atoms with Crippen LogP contribution in [0.1, 0.15) is 58.3 Å². The van der Waals surface area contributed by atoms with Crippen LogP contribution < -0.4 is 0 Å². The molecule has 4 rings (SSSR count). The Labute approximate surface area is 181 Å². The minimum Gasteiger partial charge on any atom is -0.0679 e. The fraction of sp³-hybridized carbons (Fsp3) is 0.333. The first-order valence-electron chi connectivity index (χ1n) is 9.57. The number of benzene rings is 2. The van der Waals surface area contributed by atoms with Crippen molar-refractivity contribution in [2.24, 2.45) is 0 Å². The van der Waals surface area contributed by atoms with Crippen LogP contribution in [0.3, 0.4) is 0 Å². The number of rotatable bonds is 2. The molecule has 0 amide bonds. The lowest BCUT2D eigenvalue weighted by molar-refractivity contribution is 0.964. The SMILES string of the molecule is CC1=Cc2c(Br)cc(C)cc2C1[Si](C)(C)C1C(C)=Cc2c(Br)cc(C)cc21. The molecule has 0 saturated heterocycles. The smallest absolute Gasteiger partial charge is 0.0679 e. The molecule has 2 aliphatic rings. The summed E-state index contributed by atoms with van der Waals surface area (Å²) in [7, 11) is -1.74. The largest absolute Gasteiger partial charge is 0.0722 e. The molecule has 0 N–H and O–H groups in total. The number of aryl methyl sites for hydroxylation is 2. The summed E-state index contributed by atoms with van der Waals surface area (Å²) in [5.74, 6) is 0. The summed E-state index contributed by atoms with van der Waals surface area (Å²) in [6, 6.07) is 9.34. The van der Waals surface area contributed by atoms with Gasteiger partial charge in [0.25, 0.3) is 0 Å². The van der Waals surface area contributed by atoms with Crippen molar-refractivity contribution in [2.75, 3.05) is 0 Å². The molecule has 0 saturated carbocycles. The average molecular weight is 502 g/mol. The van der Waals surface area contributed by atoms with E-state index < -0.39 is 8.07 Å². The predicted octanol–water partition coefficient (Wildman–Crippen LogP) is 8.32. The maximum Gasteiger partial charge on any atom is 0.0722 e. The van der Waals surface area contributed by atoms with Gasteiger partial charge in [0.15, 0.2) is 0 Å². The first kappa shape index (κ1) is 19.4. The van der Waals surface area contributed by atoms with Gasteiger partial charge in [0.05, 0.1) is 8.07 Å². The first-order chi connectivity index (χ1) is 12.6. The number of fused-ring (bicyclic) bond motifs is 2. The Hall–Kier alpha value is -0.903. The fourth-order valence-corrected chi connectivity index (χ4v) is 11.9. The molecule has 2 unspecified atom stereocenters. The molecule has 3 heteroatoms. The van der Waals surface area contributed by atoms with Gasteiger partial charge in [0, 0.05) is 20.0 Å². The monoisotopic (exact) mass is 500 g/mol. The zero-order valence-corrected chi connectivity index (χ0v) is 21.0. The third kappa shape index (κ3) is 2.97. The molecule has 0 aromatic heterocycles. The lowest BCUT2D eigenvalue weighted by Crippen LogP contribution is -2.42. The van der Waals surface area contributed by atoms with Gasteiger partial charge in [-0.25, -0.2) is 0 Å². The number of halogens is 2. The third-order valence-electron chi connectivity index (χ3n) is 6.38. The lowest BCUT2D eigenvalue weighted by atomic mass is 10.1. The Bertz CT molecular complexity index is 946. The van der Waals surface area contributed by atoms with Gasteiger partial charge in [0.1, 0.15) is 0 Å². The molecule has 0 fully saturated rings. The van der Waals surface area contributed by atoms with Gasteiger partial charge in [-0.1, -0.05) is 80.4 Å². The summed E-state index contributed by atoms with van der Waals surface area (Å²) >= 11 is 7.63. The average Bonchev–Trinajstić information content (AvgIpc) is 3.04. The highest BCUT2D eigenvalue weighted by molar-refractivity contribution is 9.10. The molecule has 0 bridgehead atoms. The van der Waals surface area contributed by atoms with Crippen molar-refractivity contribution < 1.29 is 0 Å². The highest BCUT2D eigenvalue weighted by Gasteiger charge is 2.47. The Balaban J connectivity index is 1.88. The van der Waals surface area contributed by atoms with Crippen LogP contribution in [0.25, 0.3) is 12.2 Å². The van der Waals surface area contributed by atoms with E-state index in [0.29, 0.717) is 11.1 Å². The van der Waals surface area contributed by atoms with E-state index in [1.807, 2.05) is 0 Å². The summed E-state index contributed by atoms with van der Waals surface area (Å²) in [4.78, 5) is 0. The molecule has 0 radical (unpaired) electrons. The van der Waals surface area contributed by atoms with Gasteiger partial charge in [-0.2, -0.15) is 0 Å². The van der Waals surface area contributed by atoms with Crippen molar-refractivity contribution in [2.45, 2.75) is 51.9 Å². The van der Waals surface area contributed by atoms with Crippen molar-refractivity contribution >= 4 is 52.1 Å². The van der Waals surface area contributed by atoms with Crippen LogP contribution in [0.5, 0.6) is 0 Å². The topological polar surface area (TPSA) is 0 Å². The maximum absolute atomic E-state index is 3.81. The second-order valence-corrected chi connectivity index (χ2v) is 15.5. The molecular formula is C24H26Br2Si. The molecule has 0 spiro atoms. The maximum atomic E-state index is 3.81. The zero-order valence-electron chi connectivity index (χ0n) is 16.9. The molecule has 2 aliphatic carbocycles. The molecular weight excluding hydrogens is 476 g/mol. The van der Waals surface area contributed by atoms with E-state index in [1.165, 1.54) is 53.5 Å². The Morgan fingerprint density at radius 1 is 0.667 bits per heavy atom. The van der Waals surface area contributed by atoms with Crippen molar-refractivity contribution in [3.05, 3.63) is 77.7 Å².